The fourth-order valence-corrected chi connectivity index (χ4v) is 8.42. The van der Waals surface area contributed by atoms with Crippen molar-refractivity contribution in [2.45, 2.75) is 70.9 Å². The standard InChI is InChI=1S/C38H36ClF2N7O3.C2H6/c1-20-23(6-5-9-26(20)43-35-32-22(17-28(44-35)34(40)41)18-42-47(2)37(32)50)24-7-4-8-25(33(24)39)27-16-21-10-11-29(31(21)36(45-27)51-3)48-15-14-38(19-48)13-12-30(49)46-38;1-2/h4-9,16-18,29,34H,10-15,19H2,1-3H3,(H,43,44)(H,46,49);1-2H3. The molecule has 1 amide bonds. The molecule has 0 bridgehead atoms. The van der Waals surface area contributed by atoms with E-state index in [4.69, 9.17) is 21.3 Å². The third-order valence-corrected chi connectivity index (χ3v) is 11.1. The smallest absolute Gasteiger partial charge is 0.280 e. The number of benzene rings is 2. The molecular weight excluding hydrogens is 700 g/mol. The van der Waals surface area contributed by atoms with Gasteiger partial charge in [0, 0.05) is 60.4 Å². The number of rotatable bonds is 7. The number of nitrogens with zero attached hydrogens (tertiary/aromatic N) is 5. The van der Waals surface area contributed by atoms with Crippen LogP contribution < -0.4 is 20.9 Å². The first-order chi connectivity index (χ1) is 25.6. The molecule has 1 spiro atoms. The summed E-state index contributed by atoms with van der Waals surface area (Å²) in [5.41, 5.74) is 5.62. The number of halogens is 3. The van der Waals surface area contributed by atoms with Crippen LogP contribution in [0.5, 0.6) is 5.88 Å². The molecule has 3 aromatic heterocycles. The highest BCUT2D eigenvalue weighted by Gasteiger charge is 2.46. The third kappa shape index (κ3) is 6.52. The first kappa shape index (κ1) is 36.4. The molecule has 2 fully saturated rings. The molecule has 2 saturated heterocycles. The van der Waals surface area contributed by atoms with Crippen molar-refractivity contribution < 1.29 is 18.3 Å². The fourth-order valence-electron chi connectivity index (χ4n) is 8.10. The molecular formula is C40H42ClF2N7O3. The van der Waals surface area contributed by atoms with Gasteiger partial charge in [-0.25, -0.2) is 23.4 Å². The van der Waals surface area contributed by atoms with Gasteiger partial charge in [-0.2, -0.15) is 5.10 Å². The van der Waals surface area contributed by atoms with Gasteiger partial charge in [0.15, 0.2) is 0 Å². The Bertz CT molecular complexity index is 2300. The number of anilines is 2. The average Bonchev–Trinajstić information content (AvgIpc) is 3.88. The molecule has 3 aliphatic rings. The largest absolute Gasteiger partial charge is 0.481 e. The summed E-state index contributed by atoms with van der Waals surface area (Å²) in [5, 5.41) is 11.3. The summed E-state index contributed by atoms with van der Waals surface area (Å²) < 4.78 is 34.7. The zero-order valence-corrected chi connectivity index (χ0v) is 31.2. The number of likely N-dealkylation sites (tertiary alicyclic amines) is 1. The van der Waals surface area contributed by atoms with Crippen LogP contribution in [0.1, 0.15) is 74.4 Å². The summed E-state index contributed by atoms with van der Waals surface area (Å²) in [6, 6.07) is 14.8. The van der Waals surface area contributed by atoms with E-state index in [-0.39, 0.29) is 34.1 Å². The Morgan fingerprint density at radius 3 is 2.53 bits per heavy atom. The number of methoxy groups -OCH3 is 1. The van der Waals surface area contributed by atoms with E-state index in [1.165, 1.54) is 24.9 Å². The molecule has 2 N–H and O–H groups in total. The van der Waals surface area contributed by atoms with E-state index in [0.29, 0.717) is 28.7 Å². The maximum absolute atomic E-state index is 13.8. The van der Waals surface area contributed by atoms with Gasteiger partial charge in [-0.3, -0.25) is 14.5 Å². The molecule has 276 valence electrons. The van der Waals surface area contributed by atoms with Crippen molar-refractivity contribution in [3.05, 3.63) is 92.5 Å². The van der Waals surface area contributed by atoms with Gasteiger partial charge >= 0.3 is 0 Å². The van der Waals surface area contributed by atoms with Gasteiger partial charge in [0.2, 0.25) is 11.8 Å². The number of hydrogen-bond donors (Lipinski definition) is 2. The van der Waals surface area contributed by atoms with Crippen LogP contribution in [0.4, 0.5) is 20.3 Å². The first-order valence-corrected chi connectivity index (χ1v) is 18.4. The van der Waals surface area contributed by atoms with Crippen LogP contribution in [0.15, 0.2) is 59.5 Å². The number of pyridine rings is 2. The van der Waals surface area contributed by atoms with Gasteiger partial charge in [0.25, 0.3) is 12.0 Å². The zero-order valence-electron chi connectivity index (χ0n) is 30.4. The number of amides is 1. The van der Waals surface area contributed by atoms with E-state index in [1.54, 1.807) is 13.2 Å². The van der Waals surface area contributed by atoms with Gasteiger partial charge in [0.1, 0.15) is 11.5 Å². The van der Waals surface area contributed by atoms with E-state index < -0.39 is 17.7 Å². The fraction of sp³-hybridized carbons (Fsp3) is 0.375. The second kappa shape index (κ2) is 14.5. The molecule has 10 nitrogen and oxygen atoms in total. The summed E-state index contributed by atoms with van der Waals surface area (Å²) in [6.07, 6.45) is 2.78. The summed E-state index contributed by atoms with van der Waals surface area (Å²) in [6.45, 7) is 7.64. The lowest BCUT2D eigenvalue weighted by Crippen LogP contribution is -2.44. The van der Waals surface area contributed by atoms with Crippen LogP contribution in [0.25, 0.3) is 33.2 Å². The maximum Gasteiger partial charge on any atom is 0.280 e. The quantitative estimate of drug-likeness (QED) is 0.172. The molecule has 53 heavy (non-hydrogen) atoms. The molecule has 13 heteroatoms. The Balaban J connectivity index is 0.00000214. The van der Waals surface area contributed by atoms with Crippen LogP contribution in [-0.2, 0) is 18.3 Å². The predicted molar refractivity (Wildman–Crippen MR) is 203 cm³/mol. The minimum atomic E-state index is -2.83. The Labute approximate surface area is 311 Å². The molecule has 2 unspecified atom stereocenters. The molecule has 5 heterocycles. The van der Waals surface area contributed by atoms with Crippen LogP contribution in [0.2, 0.25) is 5.02 Å². The molecule has 2 aromatic carbocycles. The van der Waals surface area contributed by atoms with E-state index in [0.717, 1.165) is 71.3 Å². The van der Waals surface area contributed by atoms with E-state index >= 15 is 0 Å². The monoisotopic (exact) mass is 741 g/mol. The van der Waals surface area contributed by atoms with Crippen LogP contribution in [0.3, 0.4) is 0 Å². The van der Waals surface area contributed by atoms with Crippen molar-refractivity contribution in [1.82, 2.24) is 30.0 Å². The van der Waals surface area contributed by atoms with Crippen molar-refractivity contribution in [3.8, 4) is 28.3 Å². The molecule has 2 aliphatic heterocycles. The molecule has 2 atom stereocenters. The van der Waals surface area contributed by atoms with Crippen LogP contribution in [0, 0.1) is 6.92 Å². The van der Waals surface area contributed by atoms with Crippen molar-refractivity contribution >= 4 is 39.8 Å². The van der Waals surface area contributed by atoms with Gasteiger partial charge in [-0.1, -0.05) is 55.8 Å². The van der Waals surface area contributed by atoms with Crippen molar-refractivity contribution in [3.63, 3.8) is 0 Å². The van der Waals surface area contributed by atoms with Crippen molar-refractivity contribution in [2.24, 2.45) is 7.05 Å². The highest BCUT2D eigenvalue weighted by molar-refractivity contribution is 6.36. The van der Waals surface area contributed by atoms with Gasteiger partial charge in [-0.15, -0.1) is 0 Å². The molecule has 0 saturated carbocycles. The maximum atomic E-state index is 13.8. The minimum absolute atomic E-state index is 0.0238. The Hall–Kier alpha value is -4.94. The molecule has 5 aromatic rings. The number of ether oxygens (including phenoxy) is 1. The van der Waals surface area contributed by atoms with Crippen molar-refractivity contribution in [1.29, 1.82) is 0 Å². The SMILES string of the molecule is CC.COc1nc(-c2cccc(-c3cccc(Nc4nc(C(F)F)cc5cnn(C)c(=O)c45)c3C)c2Cl)cc2c1C(N1CCC3(CCC(=O)N3)C1)CC2. The van der Waals surface area contributed by atoms with Crippen LogP contribution in [-0.4, -0.2) is 56.3 Å². The summed E-state index contributed by atoms with van der Waals surface area (Å²) >= 11 is 7.20. The number of nitrogens with one attached hydrogen (secondary N) is 2. The van der Waals surface area contributed by atoms with E-state index in [9.17, 15) is 18.4 Å². The first-order valence-electron chi connectivity index (χ1n) is 18.0. The Morgan fingerprint density at radius 1 is 1.04 bits per heavy atom. The van der Waals surface area contributed by atoms with Gasteiger partial charge in [0.05, 0.1) is 34.9 Å². The number of carbonyl (C=O) groups excluding carboxylic acids is 1. The Kier molecular flexibility index (Phi) is 9.94. The molecule has 8 rings (SSSR count). The van der Waals surface area contributed by atoms with Crippen LogP contribution >= 0.6 is 11.6 Å². The predicted octanol–water partition coefficient (Wildman–Crippen LogP) is 8.08. The number of aryl methyl sites for hydroxylation is 2. The number of fused-ring (bicyclic) bond motifs is 2. The topological polar surface area (TPSA) is 114 Å². The average molecular weight is 742 g/mol. The number of carbonyl (C=O) groups is 1. The van der Waals surface area contributed by atoms with E-state index in [1.807, 2.05) is 51.1 Å². The lowest BCUT2D eigenvalue weighted by atomic mass is 9.96. The minimum Gasteiger partial charge on any atom is -0.481 e. The third-order valence-electron chi connectivity index (χ3n) is 10.7. The second-order valence-corrected chi connectivity index (χ2v) is 14.1. The normalized spacial score (nSPS) is 19.4. The second-order valence-electron chi connectivity index (χ2n) is 13.7. The summed E-state index contributed by atoms with van der Waals surface area (Å²) in [4.78, 5) is 36.7. The highest BCUT2D eigenvalue weighted by atomic mass is 35.5. The summed E-state index contributed by atoms with van der Waals surface area (Å²) in [7, 11) is 3.14. The zero-order chi connectivity index (χ0) is 37.6. The van der Waals surface area contributed by atoms with Crippen molar-refractivity contribution in [2.75, 3.05) is 25.5 Å². The number of hydrogen-bond acceptors (Lipinski definition) is 8. The van der Waals surface area contributed by atoms with Gasteiger partial charge < -0.3 is 15.4 Å². The lowest BCUT2D eigenvalue weighted by molar-refractivity contribution is -0.119. The summed E-state index contributed by atoms with van der Waals surface area (Å²) in [5.74, 6) is 0.744. The number of aromatic nitrogens is 4. The lowest BCUT2D eigenvalue weighted by Gasteiger charge is -2.28. The van der Waals surface area contributed by atoms with Gasteiger partial charge in [-0.05, 0) is 67.5 Å². The van der Waals surface area contributed by atoms with E-state index in [2.05, 4.69) is 31.7 Å². The highest BCUT2D eigenvalue weighted by Crippen LogP contribution is 2.47. The Morgan fingerprint density at radius 2 is 1.79 bits per heavy atom. The number of alkyl halides is 2. The molecule has 0 radical (unpaired) electrons. The molecule has 1 aliphatic carbocycles.